The molecular weight excluding hydrogens is 512 g/mol. The van der Waals surface area contributed by atoms with E-state index in [4.69, 9.17) is 18.9 Å². The normalized spacial score (nSPS) is 31.9. The molecule has 2 aromatic rings. The van der Waals surface area contributed by atoms with Gasteiger partial charge in [0.05, 0.1) is 6.10 Å². The van der Waals surface area contributed by atoms with Crippen LogP contribution in [0, 0.1) is 11.8 Å². The second-order valence-electron chi connectivity index (χ2n) is 10.4. The standard InChI is InChI=1S/C28H32O11/c1-13-16(12-29)9-21(24(34)23(13)33)37-20-11-18(31)10-19(32)22(20)28(8-7-15-3-5-17(30)6-4-15)38-25-14(2)36-27(35)26(25)39-28/h3-6,10-11,13-14,16,21,23-24,29-34H,7-9,12H2,1-2H3/t13-,14?,16-,21?,23+,24+,28?/m1/s1. The molecule has 1 aliphatic carbocycles. The third kappa shape index (κ3) is 4.81. The van der Waals surface area contributed by atoms with Gasteiger partial charge in [0.1, 0.15) is 40.8 Å². The van der Waals surface area contributed by atoms with E-state index >= 15 is 0 Å². The summed E-state index contributed by atoms with van der Waals surface area (Å²) in [4.78, 5) is 12.5. The molecule has 0 saturated heterocycles. The number of hydrogen-bond donors (Lipinski definition) is 6. The van der Waals surface area contributed by atoms with Crippen LogP contribution in [0.15, 0.2) is 47.9 Å². The predicted molar refractivity (Wildman–Crippen MR) is 133 cm³/mol. The summed E-state index contributed by atoms with van der Waals surface area (Å²) in [6.45, 7) is 3.11. The number of aliphatic hydroxyl groups is 3. The molecule has 3 unspecified atom stereocenters. The number of carbonyl (C=O) groups excluding carboxylic acids is 1. The Bertz CT molecular complexity index is 1270. The Morgan fingerprint density at radius 1 is 1.00 bits per heavy atom. The number of benzene rings is 2. The van der Waals surface area contributed by atoms with Crippen LogP contribution >= 0.6 is 0 Å². The zero-order chi connectivity index (χ0) is 28.1. The molecule has 0 aromatic heterocycles. The first-order valence-corrected chi connectivity index (χ1v) is 12.8. The molecule has 5 rings (SSSR count). The molecule has 0 spiro atoms. The van der Waals surface area contributed by atoms with Crippen LogP contribution in [0.25, 0.3) is 0 Å². The van der Waals surface area contributed by atoms with Crippen LogP contribution in [0.2, 0.25) is 0 Å². The van der Waals surface area contributed by atoms with Crippen molar-refractivity contribution in [2.45, 2.75) is 63.3 Å². The van der Waals surface area contributed by atoms with Crippen LogP contribution < -0.4 is 4.74 Å². The lowest BCUT2D eigenvalue weighted by molar-refractivity contribution is -0.195. The third-order valence-corrected chi connectivity index (χ3v) is 7.79. The summed E-state index contributed by atoms with van der Waals surface area (Å²) in [5.74, 6) is -4.06. The molecule has 1 saturated carbocycles. The largest absolute Gasteiger partial charge is 0.508 e. The van der Waals surface area contributed by atoms with Gasteiger partial charge in [-0.2, -0.15) is 0 Å². The van der Waals surface area contributed by atoms with E-state index in [1.54, 1.807) is 26.0 Å². The average molecular weight is 545 g/mol. The molecule has 7 atom stereocenters. The summed E-state index contributed by atoms with van der Waals surface area (Å²) in [7, 11) is 0. The summed E-state index contributed by atoms with van der Waals surface area (Å²) in [6.07, 6.45) is -3.69. The van der Waals surface area contributed by atoms with E-state index in [0.717, 1.165) is 11.6 Å². The van der Waals surface area contributed by atoms with Crippen molar-refractivity contribution >= 4 is 5.97 Å². The van der Waals surface area contributed by atoms with Gasteiger partial charge in [-0.1, -0.05) is 19.1 Å². The lowest BCUT2D eigenvalue weighted by Gasteiger charge is -2.41. The van der Waals surface area contributed by atoms with Crippen molar-refractivity contribution in [1.29, 1.82) is 0 Å². The minimum absolute atomic E-state index is 0.0330. The number of phenols is 3. The van der Waals surface area contributed by atoms with Crippen LogP contribution in [0.4, 0.5) is 0 Å². The molecule has 11 heteroatoms. The average Bonchev–Trinajstić information content (AvgIpc) is 3.40. The van der Waals surface area contributed by atoms with Crippen LogP contribution in [-0.4, -0.2) is 67.6 Å². The van der Waals surface area contributed by atoms with Gasteiger partial charge in [0, 0.05) is 25.2 Å². The molecular formula is C28H32O11. The number of rotatable bonds is 7. The Balaban J connectivity index is 1.54. The highest BCUT2D eigenvalue weighted by Gasteiger charge is 2.55. The molecule has 2 aliphatic heterocycles. The van der Waals surface area contributed by atoms with E-state index in [2.05, 4.69) is 0 Å². The van der Waals surface area contributed by atoms with E-state index < -0.39 is 41.9 Å². The molecule has 0 amide bonds. The summed E-state index contributed by atoms with van der Waals surface area (Å²) < 4.78 is 23.6. The number of aliphatic hydroxyl groups excluding tert-OH is 3. The SMILES string of the molecule is CC1OC(=O)C2=C1OC(CCc1ccc(O)cc1)(c1c(O)cc(O)cc1OC1C[C@H](CO)[C@@H](C)[C@H](O)[C@H]1O)O2. The van der Waals surface area contributed by atoms with Crippen LogP contribution in [-0.2, 0) is 31.2 Å². The monoisotopic (exact) mass is 544 g/mol. The van der Waals surface area contributed by atoms with Gasteiger partial charge in [0.2, 0.25) is 0 Å². The van der Waals surface area contributed by atoms with Gasteiger partial charge in [0.15, 0.2) is 11.9 Å². The predicted octanol–water partition coefficient (Wildman–Crippen LogP) is 1.91. The van der Waals surface area contributed by atoms with Crippen LogP contribution in [0.5, 0.6) is 23.0 Å². The van der Waals surface area contributed by atoms with Crippen molar-refractivity contribution < 1.29 is 54.4 Å². The van der Waals surface area contributed by atoms with Gasteiger partial charge in [-0.05, 0) is 49.3 Å². The quantitative estimate of drug-likeness (QED) is 0.281. The van der Waals surface area contributed by atoms with E-state index in [9.17, 15) is 35.4 Å². The van der Waals surface area contributed by atoms with Crippen molar-refractivity contribution in [3.63, 3.8) is 0 Å². The van der Waals surface area contributed by atoms with Crippen LogP contribution in [0.1, 0.15) is 37.8 Å². The zero-order valence-corrected chi connectivity index (χ0v) is 21.5. The molecule has 11 nitrogen and oxygen atoms in total. The Morgan fingerprint density at radius 2 is 1.72 bits per heavy atom. The lowest BCUT2D eigenvalue weighted by atomic mass is 9.75. The molecule has 3 aliphatic rings. The fourth-order valence-corrected chi connectivity index (χ4v) is 5.48. The summed E-state index contributed by atoms with van der Waals surface area (Å²) in [5, 5.41) is 62.2. The number of ether oxygens (including phenoxy) is 4. The molecule has 39 heavy (non-hydrogen) atoms. The van der Waals surface area contributed by atoms with Crippen molar-refractivity contribution in [2.24, 2.45) is 11.8 Å². The summed E-state index contributed by atoms with van der Waals surface area (Å²) >= 11 is 0. The number of aromatic hydroxyl groups is 3. The fourth-order valence-electron chi connectivity index (χ4n) is 5.48. The molecule has 210 valence electrons. The van der Waals surface area contributed by atoms with Gasteiger partial charge in [0.25, 0.3) is 11.5 Å². The topological polar surface area (TPSA) is 175 Å². The highest BCUT2D eigenvalue weighted by molar-refractivity contribution is 5.90. The highest BCUT2D eigenvalue weighted by Crippen LogP contribution is 2.53. The molecule has 2 heterocycles. The first kappa shape index (κ1) is 26.9. The summed E-state index contributed by atoms with van der Waals surface area (Å²) in [6, 6.07) is 8.77. The zero-order valence-electron chi connectivity index (χ0n) is 21.5. The minimum Gasteiger partial charge on any atom is -0.508 e. The minimum atomic E-state index is -1.79. The van der Waals surface area contributed by atoms with Gasteiger partial charge in [-0.3, -0.25) is 0 Å². The Labute approximate surface area is 224 Å². The van der Waals surface area contributed by atoms with E-state index in [-0.39, 0.29) is 65.6 Å². The Kier molecular flexibility index (Phi) is 7.00. The van der Waals surface area contributed by atoms with Gasteiger partial charge < -0.3 is 49.6 Å². The van der Waals surface area contributed by atoms with Crippen molar-refractivity contribution in [3.8, 4) is 23.0 Å². The van der Waals surface area contributed by atoms with Gasteiger partial charge >= 0.3 is 5.97 Å². The smallest absolute Gasteiger partial charge is 0.378 e. The van der Waals surface area contributed by atoms with E-state index in [0.29, 0.717) is 6.42 Å². The number of phenolic OH excluding ortho intramolecular Hbond substituents is 3. The van der Waals surface area contributed by atoms with Crippen molar-refractivity contribution in [1.82, 2.24) is 0 Å². The first-order chi connectivity index (χ1) is 18.5. The van der Waals surface area contributed by atoms with Gasteiger partial charge in [-0.15, -0.1) is 0 Å². The van der Waals surface area contributed by atoms with E-state index in [1.165, 1.54) is 18.2 Å². The van der Waals surface area contributed by atoms with Crippen LogP contribution in [0.3, 0.4) is 0 Å². The highest BCUT2D eigenvalue weighted by atomic mass is 16.8. The van der Waals surface area contributed by atoms with Crippen molar-refractivity contribution in [2.75, 3.05) is 6.61 Å². The fraction of sp³-hybridized carbons (Fsp3) is 0.464. The molecule has 0 bridgehead atoms. The maximum atomic E-state index is 12.5. The molecule has 1 fully saturated rings. The summed E-state index contributed by atoms with van der Waals surface area (Å²) in [5.41, 5.74) is 0.766. The molecule has 2 aromatic carbocycles. The molecule has 0 radical (unpaired) electrons. The Hall–Kier alpha value is -3.67. The number of esters is 1. The van der Waals surface area contributed by atoms with E-state index in [1.807, 2.05) is 0 Å². The Morgan fingerprint density at radius 3 is 2.38 bits per heavy atom. The third-order valence-electron chi connectivity index (χ3n) is 7.79. The molecule has 6 N–H and O–H groups in total. The van der Waals surface area contributed by atoms with Crippen molar-refractivity contribution in [3.05, 3.63) is 59.0 Å². The maximum Gasteiger partial charge on any atom is 0.378 e. The first-order valence-electron chi connectivity index (χ1n) is 12.8. The number of hydrogen-bond acceptors (Lipinski definition) is 11. The maximum absolute atomic E-state index is 12.5. The number of cyclic esters (lactones) is 1. The van der Waals surface area contributed by atoms with Gasteiger partial charge in [-0.25, -0.2) is 4.79 Å². The second-order valence-corrected chi connectivity index (χ2v) is 10.4. The number of aryl methyl sites for hydroxylation is 1. The number of carbonyl (C=O) groups is 1. The second kappa shape index (κ2) is 10.1. The lowest BCUT2D eigenvalue weighted by Crippen LogP contribution is -2.52.